The summed E-state index contributed by atoms with van der Waals surface area (Å²) < 4.78 is 4.94. The molecular formula is C20H15Cl2N3O6. The molecule has 0 aliphatic carbocycles. The summed E-state index contributed by atoms with van der Waals surface area (Å²) in [4.78, 5) is 61.6. The number of ether oxygens (including phenoxy) is 1. The van der Waals surface area contributed by atoms with Crippen molar-refractivity contribution >= 4 is 58.6 Å². The number of anilines is 1. The van der Waals surface area contributed by atoms with Crippen LogP contribution >= 0.6 is 23.2 Å². The van der Waals surface area contributed by atoms with Crippen LogP contribution in [0.25, 0.3) is 0 Å². The molecule has 1 atom stereocenters. The molecule has 0 saturated heterocycles. The van der Waals surface area contributed by atoms with Crippen molar-refractivity contribution in [1.82, 2.24) is 10.2 Å². The molecule has 0 aromatic heterocycles. The Hall–Kier alpha value is -3.43. The number of esters is 1. The van der Waals surface area contributed by atoms with Gasteiger partial charge in [-0.05, 0) is 31.2 Å². The smallest absolute Gasteiger partial charge is 0.326 e. The van der Waals surface area contributed by atoms with Crippen LogP contribution < -0.4 is 10.6 Å². The Bertz CT molecular complexity index is 1050. The first kappa shape index (κ1) is 22.3. The van der Waals surface area contributed by atoms with E-state index in [9.17, 15) is 24.0 Å². The summed E-state index contributed by atoms with van der Waals surface area (Å²) >= 11 is 11.7. The van der Waals surface area contributed by atoms with E-state index in [0.29, 0.717) is 10.6 Å². The van der Waals surface area contributed by atoms with Crippen molar-refractivity contribution in [1.29, 1.82) is 0 Å². The fourth-order valence-electron chi connectivity index (χ4n) is 2.74. The maximum Gasteiger partial charge on any atom is 0.326 e. The van der Waals surface area contributed by atoms with Crippen LogP contribution in [0.1, 0.15) is 27.6 Å². The van der Waals surface area contributed by atoms with Crippen LogP contribution in [0.5, 0.6) is 0 Å². The normalized spacial score (nSPS) is 13.5. The second-order valence-electron chi connectivity index (χ2n) is 6.45. The number of benzene rings is 2. The number of urea groups is 1. The van der Waals surface area contributed by atoms with Crippen molar-refractivity contribution in [2.24, 2.45) is 0 Å². The zero-order chi connectivity index (χ0) is 22.7. The van der Waals surface area contributed by atoms with Crippen molar-refractivity contribution in [3.05, 3.63) is 63.6 Å². The van der Waals surface area contributed by atoms with Gasteiger partial charge in [-0.3, -0.25) is 29.4 Å². The largest absolute Gasteiger partial charge is 0.451 e. The molecule has 1 aliphatic heterocycles. The van der Waals surface area contributed by atoms with Crippen molar-refractivity contribution < 1.29 is 28.7 Å². The Balaban J connectivity index is 1.55. The predicted molar refractivity (Wildman–Crippen MR) is 111 cm³/mol. The maximum atomic E-state index is 12.4. The average Bonchev–Trinajstić information content (AvgIpc) is 2.93. The molecule has 160 valence electrons. The van der Waals surface area contributed by atoms with Crippen molar-refractivity contribution in [2.75, 3.05) is 11.9 Å². The van der Waals surface area contributed by atoms with Gasteiger partial charge >= 0.3 is 12.0 Å². The third-order valence-corrected chi connectivity index (χ3v) is 4.97. The number of rotatable bonds is 5. The number of nitrogens with zero attached hydrogens (tertiary/aromatic N) is 1. The predicted octanol–water partition coefficient (Wildman–Crippen LogP) is 2.87. The van der Waals surface area contributed by atoms with Gasteiger partial charge in [0.2, 0.25) is 0 Å². The van der Waals surface area contributed by atoms with E-state index in [-0.39, 0.29) is 21.2 Å². The Morgan fingerprint density at radius 1 is 1.00 bits per heavy atom. The van der Waals surface area contributed by atoms with Gasteiger partial charge in [0.1, 0.15) is 6.54 Å². The van der Waals surface area contributed by atoms with E-state index in [4.69, 9.17) is 27.9 Å². The fourth-order valence-corrected chi connectivity index (χ4v) is 3.07. The minimum absolute atomic E-state index is 0.00979. The monoisotopic (exact) mass is 463 g/mol. The Morgan fingerprint density at radius 2 is 1.55 bits per heavy atom. The van der Waals surface area contributed by atoms with Gasteiger partial charge in [0.05, 0.1) is 21.2 Å². The lowest BCUT2D eigenvalue weighted by Gasteiger charge is -2.16. The van der Waals surface area contributed by atoms with E-state index < -0.39 is 42.4 Å². The summed E-state index contributed by atoms with van der Waals surface area (Å²) in [5.41, 5.74) is 0.481. The van der Waals surface area contributed by atoms with Crippen LogP contribution in [0, 0.1) is 0 Å². The van der Waals surface area contributed by atoms with Crippen LogP contribution in [-0.2, 0) is 14.3 Å². The first-order valence-electron chi connectivity index (χ1n) is 8.89. The van der Waals surface area contributed by atoms with Crippen molar-refractivity contribution in [2.45, 2.75) is 13.0 Å². The lowest BCUT2D eigenvalue weighted by Crippen LogP contribution is -2.43. The van der Waals surface area contributed by atoms with Gasteiger partial charge in [0.25, 0.3) is 17.7 Å². The van der Waals surface area contributed by atoms with Gasteiger partial charge in [-0.2, -0.15) is 0 Å². The maximum absolute atomic E-state index is 12.4. The Morgan fingerprint density at radius 3 is 2.10 bits per heavy atom. The molecule has 1 unspecified atom stereocenters. The number of carbonyl (C=O) groups excluding carboxylic acids is 5. The average molecular weight is 464 g/mol. The summed E-state index contributed by atoms with van der Waals surface area (Å²) in [7, 11) is 0. The van der Waals surface area contributed by atoms with Gasteiger partial charge in [0, 0.05) is 5.69 Å². The van der Waals surface area contributed by atoms with Crippen LogP contribution in [0.3, 0.4) is 0 Å². The van der Waals surface area contributed by atoms with Crippen LogP contribution in [0.2, 0.25) is 10.0 Å². The van der Waals surface area contributed by atoms with Gasteiger partial charge in [-0.1, -0.05) is 41.4 Å². The molecule has 0 fully saturated rings. The summed E-state index contributed by atoms with van der Waals surface area (Å²) in [5.74, 6) is -3.38. The van der Waals surface area contributed by atoms with E-state index in [1.54, 1.807) is 30.3 Å². The topological polar surface area (TPSA) is 122 Å². The van der Waals surface area contributed by atoms with E-state index in [2.05, 4.69) is 5.32 Å². The Labute approximate surface area is 186 Å². The second-order valence-corrected chi connectivity index (χ2v) is 7.26. The zero-order valence-corrected chi connectivity index (χ0v) is 17.5. The number of halogens is 2. The summed E-state index contributed by atoms with van der Waals surface area (Å²) in [5, 5.41) is 4.64. The molecule has 0 radical (unpaired) electrons. The highest BCUT2D eigenvalue weighted by Crippen LogP contribution is 2.31. The van der Waals surface area contributed by atoms with Gasteiger partial charge in [0.15, 0.2) is 6.10 Å². The molecule has 31 heavy (non-hydrogen) atoms. The second kappa shape index (κ2) is 9.15. The number of hydrogen-bond acceptors (Lipinski definition) is 6. The molecular weight excluding hydrogens is 449 g/mol. The minimum Gasteiger partial charge on any atom is -0.451 e. The minimum atomic E-state index is -1.35. The van der Waals surface area contributed by atoms with Gasteiger partial charge < -0.3 is 10.1 Å². The standard InChI is InChI=1S/C20H15Cl2N3O6/c1-10(17(27)24-20(30)23-11-5-3-2-4-6-11)31-16(26)9-25-18(28)12-7-14(21)15(22)8-13(12)19(25)29/h2-8,10H,9H2,1H3,(H2,23,24,27,30). The highest BCUT2D eigenvalue weighted by molar-refractivity contribution is 6.43. The van der Waals surface area contributed by atoms with Gasteiger partial charge in [-0.15, -0.1) is 0 Å². The van der Waals surface area contributed by atoms with Gasteiger partial charge in [-0.25, -0.2) is 4.79 Å². The summed E-state index contributed by atoms with van der Waals surface area (Å²) in [6.45, 7) is 0.514. The number of nitrogens with one attached hydrogen (secondary N) is 2. The highest BCUT2D eigenvalue weighted by atomic mass is 35.5. The molecule has 2 aromatic rings. The molecule has 2 aromatic carbocycles. The molecule has 1 aliphatic rings. The molecule has 9 nitrogen and oxygen atoms in total. The van der Waals surface area contributed by atoms with Crippen LogP contribution in [0.15, 0.2) is 42.5 Å². The number of imide groups is 2. The molecule has 0 spiro atoms. The van der Waals surface area contributed by atoms with E-state index in [0.717, 1.165) is 0 Å². The summed E-state index contributed by atoms with van der Waals surface area (Å²) in [6.07, 6.45) is -1.35. The number of amides is 5. The molecule has 0 bridgehead atoms. The van der Waals surface area contributed by atoms with E-state index in [1.807, 2.05) is 5.32 Å². The molecule has 11 heteroatoms. The molecule has 0 saturated carbocycles. The zero-order valence-electron chi connectivity index (χ0n) is 16.0. The third-order valence-electron chi connectivity index (χ3n) is 4.24. The molecule has 1 heterocycles. The van der Waals surface area contributed by atoms with E-state index >= 15 is 0 Å². The molecule has 2 N–H and O–H groups in total. The SMILES string of the molecule is CC(OC(=O)CN1C(=O)c2cc(Cl)c(Cl)cc2C1=O)C(=O)NC(=O)Nc1ccccc1. The number of para-hydroxylation sites is 1. The third kappa shape index (κ3) is 5.01. The first-order valence-corrected chi connectivity index (χ1v) is 9.64. The van der Waals surface area contributed by atoms with Crippen LogP contribution in [0.4, 0.5) is 10.5 Å². The first-order chi connectivity index (χ1) is 14.7. The van der Waals surface area contributed by atoms with Crippen molar-refractivity contribution in [3.63, 3.8) is 0 Å². The highest BCUT2D eigenvalue weighted by Gasteiger charge is 2.38. The number of fused-ring (bicyclic) bond motifs is 1. The molecule has 3 rings (SSSR count). The quantitative estimate of drug-likeness (QED) is 0.519. The number of hydrogen-bond donors (Lipinski definition) is 2. The molecule has 5 amide bonds. The van der Waals surface area contributed by atoms with Crippen molar-refractivity contribution in [3.8, 4) is 0 Å². The number of carbonyl (C=O) groups is 5. The van der Waals surface area contributed by atoms with Crippen LogP contribution in [-0.4, -0.2) is 47.3 Å². The lowest BCUT2D eigenvalue weighted by atomic mass is 10.1. The fraction of sp³-hybridized carbons (Fsp3) is 0.150. The lowest BCUT2D eigenvalue weighted by molar-refractivity contribution is -0.154. The summed E-state index contributed by atoms with van der Waals surface area (Å²) in [6, 6.07) is 10.1. The Kier molecular flexibility index (Phi) is 6.57. The van der Waals surface area contributed by atoms with E-state index in [1.165, 1.54) is 19.1 Å².